The van der Waals surface area contributed by atoms with Crippen molar-refractivity contribution in [3.05, 3.63) is 30.1 Å². The van der Waals surface area contributed by atoms with E-state index in [1.807, 2.05) is 35.1 Å². The van der Waals surface area contributed by atoms with E-state index in [0.717, 1.165) is 29.9 Å². The van der Waals surface area contributed by atoms with Gasteiger partial charge in [-0.2, -0.15) is 0 Å². The highest BCUT2D eigenvalue weighted by atomic mass is 32.2. The van der Waals surface area contributed by atoms with Crippen LogP contribution in [0.2, 0.25) is 0 Å². The number of imidazole rings is 1. The van der Waals surface area contributed by atoms with Crippen molar-refractivity contribution in [2.24, 2.45) is 11.8 Å². The first-order valence-electron chi connectivity index (χ1n) is 8.16. The topological polar surface area (TPSA) is 74.9 Å². The van der Waals surface area contributed by atoms with Crippen molar-refractivity contribution in [3.63, 3.8) is 0 Å². The van der Waals surface area contributed by atoms with Crippen molar-refractivity contribution in [1.82, 2.24) is 14.3 Å². The van der Waals surface area contributed by atoms with E-state index in [1.165, 1.54) is 16.7 Å². The predicted octanol–water partition coefficient (Wildman–Crippen LogP) is 2.38. The molecule has 1 saturated carbocycles. The lowest BCUT2D eigenvalue weighted by Gasteiger charge is -2.23. The second-order valence-electron chi connectivity index (χ2n) is 6.50. The summed E-state index contributed by atoms with van der Waals surface area (Å²) in [5, 5.41) is 10.4. The highest BCUT2D eigenvalue weighted by Crippen LogP contribution is 2.43. The Balaban J connectivity index is 1.75. The summed E-state index contributed by atoms with van der Waals surface area (Å²) in [5.41, 5.74) is 1.08. The van der Waals surface area contributed by atoms with Crippen LogP contribution in [0.1, 0.15) is 29.8 Å². The van der Waals surface area contributed by atoms with Crippen LogP contribution in [0.5, 0.6) is 0 Å². The van der Waals surface area contributed by atoms with Gasteiger partial charge in [0.1, 0.15) is 6.04 Å². The molecule has 0 aromatic carbocycles. The van der Waals surface area contributed by atoms with Crippen molar-refractivity contribution in [2.45, 2.75) is 30.5 Å². The van der Waals surface area contributed by atoms with Crippen molar-refractivity contribution < 1.29 is 14.7 Å². The molecule has 0 bridgehead atoms. The molecule has 126 valence electrons. The number of carbonyl (C=O) groups is 2. The summed E-state index contributed by atoms with van der Waals surface area (Å²) in [7, 11) is 0. The molecule has 1 saturated heterocycles. The summed E-state index contributed by atoms with van der Waals surface area (Å²) in [6, 6.07) is 4.89. The number of aromatic nitrogens is 2. The van der Waals surface area contributed by atoms with Crippen molar-refractivity contribution in [1.29, 1.82) is 0 Å². The van der Waals surface area contributed by atoms with Gasteiger partial charge in [0.2, 0.25) is 0 Å². The van der Waals surface area contributed by atoms with Gasteiger partial charge in [0.05, 0.1) is 5.52 Å². The Morgan fingerprint density at radius 3 is 2.92 bits per heavy atom. The van der Waals surface area contributed by atoms with E-state index in [2.05, 4.69) is 4.98 Å². The Bertz CT molecular complexity index is 819. The van der Waals surface area contributed by atoms with Crippen LogP contribution in [-0.2, 0) is 4.79 Å². The van der Waals surface area contributed by atoms with E-state index in [4.69, 9.17) is 0 Å². The number of carboxylic acid groups (broad SMARTS) is 1. The Labute approximate surface area is 143 Å². The van der Waals surface area contributed by atoms with Gasteiger partial charge < -0.3 is 10.0 Å². The molecular weight excluding hydrogens is 326 g/mol. The standard InChI is InChI=1S/C17H19N3O3S/c1-24-17-18-13(12-7-2-3-8-19(12)17)15(21)20-9-10-5-4-6-11(10)14(20)16(22)23/h2-3,7-8,10-11,14H,4-6,9H2,1H3,(H,22,23). The fourth-order valence-electron chi connectivity index (χ4n) is 4.28. The molecule has 2 aliphatic rings. The number of carbonyl (C=O) groups excluding carboxylic acids is 1. The van der Waals surface area contributed by atoms with Gasteiger partial charge in [0.25, 0.3) is 5.91 Å². The Morgan fingerprint density at radius 1 is 1.33 bits per heavy atom. The summed E-state index contributed by atoms with van der Waals surface area (Å²) in [6.07, 6.45) is 6.75. The number of rotatable bonds is 3. The van der Waals surface area contributed by atoms with Crippen LogP contribution in [-0.4, -0.2) is 50.1 Å². The minimum absolute atomic E-state index is 0.0837. The van der Waals surface area contributed by atoms with Crippen LogP contribution < -0.4 is 0 Å². The highest BCUT2D eigenvalue weighted by molar-refractivity contribution is 7.98. The predicted molar refractivity (Wildman–Crippen MR) is 90.3 cm³/mol. The maximum absolute atomic E-state index is 13.1. The Kier molecular flexibility index (Phi) is 3.75. The number of pyridine rings is 1. The average molecular weight is 345 g/mol. The normalized spacial score (nSPS) is 26.0. The molecule has 2 aromatic heterocycles. The summed E-state index contributed by atoms with van der Waals surface area (Å²) in [6.45, 7) is 0.529. The number of likely N-dealkylation sites (tertiary alicyclic amines) is 1. The lowest BCUT2D eigenvalue weighted by atomic mass is 9.94. The van der Waals surface area contributed by atoms with Gasteiger partial charge in [-0.15, -0.1) is 0 Å². The molecule has 2 fully saturated rings. The molecule has 1 aliphatic heterocycles. The molecule has 2 aromatic rings. The zero-order valence-electron chi connectivity index (χ0n) is 13.4. The fourth-order valence-corrected chi connectivity index (χ4v) is 4.82. The molecule has 1 N–H and O–H groups in total. The molecule has 0 spiro atoms. The molecule has 1 amide bonds. The molecule has 24 heavy (non-hydrogen) atoms. The van der Waals surface area contributed by atoms with E-state index in [-0.39, 0.29) is 11.8 Å². The third-order valence-electron chi connectivity index (χ3n) is 5.31. The third-order valence-corrected chi connectivity index (χ3v) is 5.96. The second kappa shape index (κ2) is 5.81. The number of nitrogens with zero attached hydrogens (tertiary/aromatic N) is 3. The summed E-state index contributed by atoms with van der Waals surface area (Å²) < 4.78 is 1.88. The van der Waals surface area contributed by atoms with Gasteiger partial charge in [-0.1, -0.05) is 24.2 Å². The van der Waals surface area contributed by atoms with Crippen LogP contribution >= 0.6 is 11.8 Å². The Hall–Kier alpha value is -2.02. The number of hydrogen-bond donors (Lipinski definition) is 1. The molecule has 6 nitrogen and oxygen atoms in total. The van der Waals surface area contributed by atoms with Crippen LogP contribution in [0, 0.1) is 11.8 Å². The lowest BCUT2D eigenvalue weighted by Crippen LogP contribution is -2.43. The summed E-state index contributed by atoms with van der Waals surface area (Å²) in [5.74, 6) is -0.767. The largest absolute Gasteiger partial charge is 0.480 e. The molecule has 3 atom stereocenters. The first kappa shape index (κ1) is 15.5. The zero-order valence-corrected chi connectivity index (χ0v) is 14.2. The van der Waals surface area contributed by atoms with Crippen LogP contribution in [0.25, 0.3) is 5.52 Å². The maximum Gasteiger partial charge on any atom is 0.326 e. The van der Waals surface area contributed by atoms with Crippen molar-refractivity contribution in [2.75, 3.05) is 12.8 Å². The fraction of sp³-hybridized carbons (Fsp3) is 0.471. The van der Waals surface area contributed by atoms with E-state index >= 15 is 0 Å². The van der Waals surface area contributed by atoms with Gasteiger partial charge >= 0.3 is 5.97 Å². The smallest absolute Gasteiger partial charge is 0.326 e. The van der Waals surface area contributed by atoms with Gasteiger partial charge in [-0.25, -0.2) is 9.78 Å². The van der Waals surface area contributed by atoms with E-state index in [1.54, 1.807) is 0 Å². The minimum atomic E-state index is -0.897. The second-order valence-corrected chi connectivity index (χ2v) is 7.27. The Morgan fingerprint density at radius 2 is 2.17 bits per heavy atom. The van der Waals surface area contributed by atoms with Gasteiger partial charge in [0.15, 0.2) is 10.9 Å². The first-order valence-corrected chi connectivity index (χ1v) is 9.39. The monoisotopic (exact) mass is 345 g/mol. The molecule has 7 heteroatoms. The van der Waals surface area contributed by atoms with E-state index in [0.29, 0.717) is 18.2 Å². The van der Waals surface area contributed by atoms with Crippen molar-refractivity contribution in [3.8, 4) is 0 Å². The summed E-state index contributed by atoms with van der Waals surface area (Å²) >= 11 is 1.47. The number of aliphatic carboxylic acids is 1. The van der Waals surface area contributed by atoms with Gasteiger partial charge in [0, 0.05) is 12.7 Å². The summed E-state index contributed by atoms with van der Waals surface area (Å²) in [4.78, 5) is 30.9. The number of thioether (sulfide) groups is 1. The van der Waals surface area contributed by atoms with Gasteiger partial charge in [-0.3, -0.25) is 9.20 Å². The quantitative estimate of drug-likeness (QED) is 0.865. The maximum atomic E-state index is 13.1. The van der Waals surface area contributed by atoms with Crippen LogP contribution in [0.4, 0.5) is 0 Å². The number of fused-ring (bicyclic) bond motifs is 2. The van der Waals surface area contributed by atoms with Crippen molar-refractivity contribution >= 4 is 29.2 Å². The SMILES string of the molecule is CSc1nc(C(=O)N2CC3CCCC3C2C(=O)O)c2ccccn12. The van der Waals surface area contributed by atoms with E-state index < -0.39 is 12.0 Å². The lowest BCUT2D eigenvalue weighted by molar-refractivity contribution is -0.142. The molecule has 1 aliphatic carbocycles. The molecular formula is C17H19N3O3S. The molecule has 3 heterocycles. The zero-order chi connectivity index (χ0) is 16.8. The number of carboxylic acids is 1. The van der Waals surface area contributed by atoms with E-state index in [9.17, 15) is 14.7 Å². The van der Waals surface area contributed by atoms with Gasteiger partial charge in [-0.05, 0) is 43.1 Å². The molecule has 4 rings (SSSR count). The number of amides is 1. The minimum Gasteiger partial charge on any atom is -0.480 e. The first-order chi connectivity index (χ1) is 11.6. The highest BCUT2D eigenvalue weighted by Gasteiger charge is 2.50. The number of hydrogen-bond acceptors (Lipinski definition) is 4. The van der Waals surface area contributed by atoms with Crippen LogP contribution in [0.3, 0.4) is 0 Å². The molecule has 0 radical (unpaired) electrons. The molecule has 3 unspecified atom stereocenters. The van der Waals surface area contributed by atoms with Crippen LogP contribution in [0.15, 0.2) is 29.6 Å². The third kappa shape index (κ3) is 2.22. The average Bonchev–Trinajstić information content (AvgIpc) is 3.25.